The van der Waals surface area contributed by atoms with Crippen molar-refractivity contribution < 1.29 is 4.79 Å². The molecular weight excluding hydrogens is 158 g/mol. The lowest BCUT2D eigenvalue weighted by molar-refractivity contribution is 0.240. The largest absolute Gasteiger partial charge is 0.352 e. The van der Waals surface area contributed by atoms with Crippen LogP contribution in [0.4, 0.5) is 4.79 Å². The van der Waals surface area contributed by atoms with Gasteiger partial charge in [0.15, 0.2) is 0 Å². The Morgan fingerprint density at radius 2 is 1.83 bits per heavy atom. The molecule has 0 radical (unpaired) electrons. The van der Waals surface area contributed by atoms with E-state index in [1.54, 1.807) is 4.91 Å². The molecule has 0 fully saturated rings. The molecule has 0 aromatic heterocycles. The molecule has 0 atom stereocenters. The van der Waals surface area contributed by atoms with Gasteiger partial charge in [-0.05, 0) is 31.2 Å². The highest BCUT2D eigenvalue weighted by Gasteiger charge is 2.09. The summed E-state index contributed by atoms with van der Waals surface area (Å²) in [6.07, 6.45) is 0. The van der Waals surface area contributed by atoms with Crippen molar-refractivity contribution in [2.45, 2.75) is 33.7 Å². The zero-order valence-corrected chi connectivity index (χ0v) is 6.88. The van der Waals surface area contributed by atoms with Crippen molar-refractivity contribution in [2.24, 2.45) is 5.73 Å². The van der Waals surface area contributed by atoms with E-state index in [0.717, 1.165) is 0 Å². The first-order chi connectivity index (χ1) is 4.83. The van der Waals surface area contributed by atoms with Gasteiger partial charge in [0.05, 0.1) is 0 Å². The van der Waals surface area contributed by atoms with Crippen LogP contribution in [0, 0.1) is 5.53 Å². The summed E-state index contributed by atoms with van der Waals surface area (Å²) in [5, 5.41) is 2.52. The maximum atomic E-state index is 10.1. The van der Waals surface area contributed by atoms with E-state index in [2.05, 4.69) is 5.32 Å². The molecule has 2 amide bonds. The lowest BCUT2D eigenvalue weighted by Gasteiger charge is -2.17. The Morgan fingerprint density at radius 1 is 1.58 bits per heavy atom. The summed E-state index contributed by atoms with van der Waals surface area (Å²) in [6.45, 7) is 5.62. The van der Waals surface area contributed by atoms with E-state index in [4.69, 9.17) is 16.8 Å². The highest BCUT2D eigenvalue weighted by molar-refractivity contribution is 5.72. The van der Waals surface area contributed by atoms with Crippen molar-refractivity contribution in [3.05, 3.63) is 10.4 Å². The topological polar surface area (TPSA) is 115 Å². The molecule has 0 spiro atoms. The maximum absolute atomic E-state index is 10.1. The molecule has 0 saturated carbocycles. The minimum absolute atomic E-state index is 0. The summed E-state index contributed by atoms with van der Waals surface area (Å²) < 4.78 is 0. The Bertz CT molecular complexity index is 154. The molecule has 12 heavy (non-hydrogen) atoms. The first-order valence-electron chi connectivity index (χ1n) is 2.92. The van der Waals surface area contributed by atoms with Gasteiger partial charge in [-0.15, -0.1) is 5.53 Å². The summed E-state index contributed by atoms with van der Waals surface area (Å²) in [5.41, 5.74) is 16.9. The summed E-state index contributed by atoms with van der Waals surface area (Å²) in [6, 6.07) is -0.475. The number of nitrogens with one attached hydrogen (secondary N) is 2. The molecule has 0 aromatic rings. The number of urea groups is 1. The van der Waals surface area contributed by atoms with E-state index in [-0.39, 0.29) is 13.0 Å². The van der Waals surface area contributed by atoms with Crippen LogP contribution in [0.5, 0.6) is 0 Å². The van der Waals surface area contributed by atoms with Crippen LogP contribution in [0.15, 0.2) is 0 Å². The van der Waals surface area contributed by atoms with Crippen LogP contribution in [-0.4, -0.2) is 11.6 Å². The van der Waals surface area contributed by atoms with Crippen molar-refractivity contribution in [1.29, 1.82) is 5.53 Å². The van der Waals surface area contributed by atoms with E-state index < -0.39 is 6.03 Å². The molecule has 4 N–H and O–H groups in total. The molecule has 0 aromatic carbocycles. The fraction of sp³-hybridized carbons (Fsp3) is 0.833. The van der Waals surface area contributed by atoms with Gasteiger partial charge in [0.1, 0.15) is 0 Å². The number of carbonyl (C=O) groups is 1. The van der Waals surface area contributed by atoms with Crippen LogP contribution in [0.1, 0.15) is 28.2 Å². The van der Waals surface area contributed by atoms with Crippen LogP contribution in [-0.2, 0) is 0 Å². The minimum atomic E-state index is -0.475. The van der Waals surface area contributed by atoms with Gasteiger partial charge in [-0.1, -0.05) is 7.43 Å². The Hall–Kier alpha value is -1.42. The number of rotatable bonds is 0. The lowest BCUT2D eigenvalue weighted by atomic mass is 10.1. The van der Waals surface area contributed by atoms with Crippen LogP contribution in [0.2, 0.25) is 0 Å². The molecular formula is C6H17N5O. The Labute approximate surface area is 72.6 Å². The average molecular weight is 175 g/mol. The second-order valence-electron chi connectivity index (χ2n) is 2.84. The van der Waals surface area contributed by atoms with E-state index in [1.165, 1.54) is 0 Å². The monoisotopic (exact) mass is 175 g/mol. The molecule has 0 bridgehead atoms. The van der Waals surface area contributed by atoms with Gasteiger partial charge in [0.25, 0.3) is 0 Å². The number of nitrogens with zero attached hydrogens (tertiary/aromatic N) is 2. The number of carbonyl (C=O) groups excluding carboxylic acids is 1. The first kappa shape index (κ1) is 16.9. The Kier molecular flexibility index (Phi) is 10.8. The van der Waals surface area contributed by atoms with Gasteiger partial charge in [-0.3, -0.25) is 0 Å². The summed E-state index contributed by atoms with van der Waals surface area (Å²) in [7, 11) is 0. The highest BCUT2D eigenvalue weighted by Crippen LogP contribution is 1.95. The summed E-state index contributed by atoms with van der Waals surface area (Å²) >= 11 is 0. The van der Waals surface area contributed by atoms with Crippen LogP contribution >= 0.6 is 0 Å². The molecule has 0 aliphatic heterocycles. The van der Waals surface area contributed by atoms with E-state index in [0.29, 0.717) is 0 Å². The number of hydrogen-bond donors (Lipinski definition) is 3. The molecule has 0 rings (SSSR count). The Morgan fingerprint density at radius 3 is 1.83 bits per heavy atom. The third kappa shape index (κ3) is 38.5. The minimum Gasteiger partial charge on any atom is -0.352 e. The summed E-state index contributed by atoms with van der Waals surface area (Å²) in [4.78, 5) is 11.9. The van der Waals surface area contributed by atoms with Crippen LogP contribution < -0.4 is 11.1 Å². The van der Waals surface area contributed by atoms with Crippen molar-refractivity contribution >= 4 is 6.03 Å². The molecule has 0 aliphatic carbocycles. The van der Waals surface area contributed by atoms with E-state index in [9.17, 15) is 4.79 Å². The lowest BCUT2D eigenvalue weighted by Crippen LogP contribution is -2.43. The van der Waals surface area contributed by atoms with Gasteiger partial charge < -0.3 is 11.1 Å². The van der Waals surface area contributed by atoms with Crippen LogP contribution in [0.3, 0.4) is 0 Å². The van der Waals surface area contributed by atoms with Crippen molar-refractivity contribution in [2.75, 3.05) is 0 Å². The smallest absolute Gasteiger partial charge is 0.312 e. The van der Waals surface area contributed by atoms with Gasteiger partial charge >= 0.3 is 6.03 Å². The zero-order valence-electron chi connectivity index (χ0n) is 6.88. The number of nitrogens with two attached hydrogens (primary N) is 1. The number of primary amides is 1. The van der Waals surface area contributed by atoms with Gasteiger partial charge in [0.2, 0.25) is 0 Å². The molecule has 72 valence electrons. The number of hydrogen-bond acceptors (Lipinski definition) is 2. The standard InChI is InChI=1S/C5H12N2O.CH4.HN3/c1-5(2,3)7-4(6)8;;1-3-2/h1-3H3,(H3,6,7,8);1H4;1H. The molecule has 0 unspecified atom stereocenters. The van der Waals surface area contributed by atoms with Crippen molar-refractivity contribution in [1.82, 2.24) is 5.32 Å². The predicted molar refractivity (Wildman–Crippen MR) is 48.6 cm³/mol. The van der Waals surface area contributed by atoms with Crippen LogP contribution in [0.25, 0.3) is 10.4 Å². The SMILES string of the molecule is C.CC(C)(C)NC(N)=O.[N-]=[N+]=N. The molecule has 0 aliphatic rings. The summed E-state index contributed by atoms with van der Waals surface area (Å²) in [5.74, 6) is 0. The predicted octanol–water partition coefficient (Wildman–Crippen LogP) is 1.96. The molecule has 0 heterocycles. The molecule has 6 heteroatoms. The second kappa shape index (κ2) is 7.68. The first-order valence-corrected chi connectivity index (χ1v) is 2.92. The van der Waals surface area contributed by atoms with Gasteiger partial charge in [-0.2, -0.15) is 0 Å². The fourth-order valence-electron chi connectivity index (χ4n) is 0.370. The average Bonchev–Trinajstić information content (AvgIpc) is 1.57. The normalized spacial score (nSPS) is 7.92. The maximum Gasteiger partial charge on any atom is 0.312 e. The highest BCUT2D eigenvalue weighted by atomic mass is 16.2. The fourth-order valence-corrected chi connectivity index (χ4v) is 0.370. The number of amides is 2. The van der Waals surface area contributed by atoms with Gasteiger partial charge in [0, 0.05) is 5.54 Å². The third-order valence-corrected chi connectivity index (χ3v) is 0.498. The van der Waals surface area contributed by atoms with Gasteiger partial charge in [-0.25, -0.2) is 4.79 Å². The quantitative estimate of drug-likeness (QED) is 0.291. The van der Waals surface area contributed by atoms with E-state index >= 15 is 0 Å². The zero-order chi connectivity index (χ0) is 9.49. The van der Waals surface area contributed by atoms with Crippen molar-refractivity contribution in [3.63, 3.8) is 0 Å². The second-order valence-corrected chi connectivity index (χ2v) is 2.84. The van der Waals surface area contributed by atoms with Crippen molar-refractivity contribution in [3.8, 4) is 0 Å². The molecule has 0 saturated heterocycles. The third-order valence-electron chi connectivity index (χ3n) is 0.498. The molecule has 6 nitrogen and oxygen atoms in total. The Balaban J connectivity index is -0.000000177. The van der Waals surface area contributed by atoms with E-state index in [1.807, 2.05) is 20.8 Å².